The Morgan fingerprint density at radius 3 is 2.71 bits per heavy atom. The minimum atomic E-state index is 0.177. The minimum Gasteiger partial charge on any atom is -0.358 e. The molecular formula is C29H37IN4O. The molecule has 0 aliphatic carbocycles. The van der Waals surface area contributed by atoms with Gasteiger partial charge in [0.25, 0.3) is 0 Å². The average Bonchev–Trinajstić information content (AvgIpc) is 3.44. The van der Waals surface area contributed by atoms with Gasteiger partial charge in [-0.25, -0.2) is 0 Å². The number of unbranched alkanes of at least 4 members (excludes halogenated alkanes) is 1. The van der Waals surface area contributed by atoms with Crippen molar-refractivity contribution >= 4 is 22.6 Å². The van der Waals surface area contributed by atoms with Gasteiger partial charge in [0.2, 0.25) is 0 Å². The lowest BCUT2D eigenvalue weighted by Gasteiger charge is -2.34. The summed E-state index contributed by atoms with van der Waals surface area (Å²) >= 11 is 2.35. The quantitative estimate of drug-likeness (QED) is 0.234. The first-order chi connectivity index (χ1) is 16.8. The van der Waals surface area contributed by atoms with Crippen LogP contribution in [0.25, 0.3) is 11.4 Å². The number of benzene rings is 2. The van der Waals surface area contributed by atoms with Gasteiger partial charge in [0.15, 0.2) is 5.82 Å². The van der Waals surface area contributed by atoms with Gasteiger partial charge in [-0.1, -0.05) is 51.1 Å². The van der Waals surface area contributed by atoms with E-state index in [1.807, 2.05) is 0 Å². The summed E-state index contributed by atoms with van der Waals surface area (Å²) in [6, 6.07) is 15.6. The van der Waals surface area contributed by atoms with Gasteiger partial charge in [-0.3, -0.25) is 4.90 Å². The first kappa shape index (κ1) is 24.9. The average molecular weight is 585 g/mol. The zero-order valence-electron chi connectivity index (χ0n) is 21.4. The summed E-state index contributed by atoms with van der Waals surface area (Å²) < 4.78 is 9.91. The van der Waals surface area contributed by atoms with Crippen molar-refractivity contribution in [2.24, 2.45) is 0 Å². The first-order valence-corrected chi connectivity index (χ1v) is 14.1. The van der Waals surface area contributed by atoms with E-state index in [1.54, 1.807) is 0 Å². The molecule has 6 heteroatoms. The Bertz CT molecular complexity index is 1180. The Kier molecular flexibility index (Phi) is 7.33. The van der Waals surface area contributed by atoms with Crippen molar-refractivity contribution in [1.82, 2.24) is 19.7 Å². The van der Waals surface area contributed by atoms with E-state index < -0.39 is 0 Å². The molecule has 2 atom stereocenters. The molecule has 3 aromatic rings. The zero-order valence-corrected chi connectivity index (χ0v) is 23.6. The van der Waals surface area contributed by atoms with Crippen LogP contribution in [0.3, 0.4) is 0 Å². The van der Waals surface area contributed by atoms with Crippen molar-refractivity contribution in [2.75, 3.05) is 13.1 Å². The number of likely N-dealkylation sites (tertiary alicyclic amines) is 1. The lowest BCUT2D eigenvalue weighted by molar-refractivity contribution is -0.0643. The molecule has 35 heavy (non-hydrogen) atoms. The molecule has 0 radical (unpaired) electrons. The molecule has 1 aromatic heterocycles. The van der Waals surface area contributed by atoms with Gasteiger partial charge in [-0.05, 0) is 83.0 Å². The molecule has 2 aliphatic heterocycles. The summed E-state index contributed by atoms with van der Waals surface area (Å²) in [6.45, 7) is 12.9. The Morgan fingerprint density at radius 1 is 1.09 bits per heavy atom. The predicted octanol–water partition coefficient (Wildman–Crippen LogP) is 6.54. The highest BCUT2D eigenvalue weighted by atomic mass is 127. The molecule has 2 aliphatic rings. The summed E-state index contributed by atoms with van der Waals surface area (Å²) in [4.78, 5) is 2.56. The number of halogens is 1. The molecule has 0 saturated carbocycles. The van der Waals surface area contributed by atoms with Crippen molar-refractivity contribution in [3.63, 3.8) is 0 Å². The summed E-state index contributed by atoms with van der Waals surface area (Å²) in [5, 5.41) is 9.08. The maximum absolute atomic E-state index is 6.42. The van der Waals surface area contributed by atoms with Crippen LogP contribution in [0.4, 0.5) is 0 Å². The highest BCUT2D eigenvalue weighted by molar-refractivity contribution is 14.1. The van der Waals surface area contributed by atoms with Crippen molar-refractivity contribution in [3.8, 4) is 11.4 Å². The van der Waals surface area contributed by atoms with Crippen LogP contribution in [0, 0.1) is 3.57 Å². The molecule has 1 fully saturated rings. The van der Waals surface area contributed by atoms with E-state index in [-0.39, 0.29) is 11.6 Å². The summed E-state index contributed by atoms with van der Waals surface area (Å²) in [7, 11) is 0. The molecule has 0 bridgehead atoms. The van der Waals surface area contributed by atoms with Gasteiger partial charge in [0.05, 0.1) is 6.61 Å². The summed E-state index contributed by atoms with van der Waals surface area (Å²) in [5.74, 6) is 2.58. The lowest BCUT2D eigenvalue weighted by atomic mass is 9.82. The monoisotopic (exact) mass is 584 g/mol. The van der Waals surface area contributed by atoms with Gasteiger partial charge in [0, 0.05) is 41.1 Å². The molecular weight excluding hydrogens is 547 g/mol. The normalized spacial score (nSPS) is 20.1. The maximum Gasteiger partial charge on any atom is 0.163 e. The van der Waals surface area contributed by atoms with E-state index in [1.165, 1.54) is 26.7 Å². The Labute approximate surface area is 223 Å². The van der Waals surface area contributed by atoms with Gasteiger partial charge in [-0.2, -0.15) is 0 Å². The molecule has 2 aromatic carbocycles. The van der Waals surface area contributed by atoms with E-state index in [9.17, 15) is 0 Å². The van der Waals surface area contributed by atoms with Crippen LogP contribution in [0.5, 0.6) is 0 Å². The zero-order chi connectivity index (χ0) is 24.6. The van der Waals surface area contributed by atoms with Crippen molar-refractivity contribution in [2.45, 2.75) is 84.1 Å². The third-order valence-electron chi connectivity index (χ3n) is 7.57. The van der Waals surface area contributed by atoms with Crippen LogP contribution in [0.15, 0.2) is 42.5 Å². The van der Waals surface area contributed by atoms with Gasteiger partial charge >= 0.3 is 0 Å². The molecule has 0 N–H and O–H groups in total. The Hall–Kier alpha value is -1.77. The van der Waals surface area contributed by atoms with Gasteiger partial charge in [-0.15, -0.1) is 10.2 Å². The van der Waals surface area contributed by atoms with Crippen LogP contribution in [0.2, 0.25) is 0 Å². The standard InChI is InChI=1S/C29H37IN4O/c1-5-34-26(31-32-27(34)20-9-8-10-23(30)18-20)11-6-7-15-33-16-14-25-24-13-12-22(29(2,3)4)17-21(24)19-35-28(25)33/h8-10,12-13,17-18,25,28H,5-7,11,14-16,19H2,1-4H3. The smallest absolute Gasteiger partial charge is 0.163 e. The highest BCUT2D eigenvalue weighted by Gasteiger charge is 2.39. The van der Waals surface area contributed by atoms with E-state index in [0.29, 0.717) is 5.92 Å². The van der Waals surface area contributed by atoms with E-state index >= 15 is 0 Å². The third kappa shape index (κ3) is 5.20. The van der Waals surface area contributed by atoms with Crippen molar-refractivity contribution in [1.29, 1.82) is 0 Å². The second-order valence-corrected chi connectivity index (χ2v) is 12.2. The van der Waals surface area contributed by atoms with E-state index in [2.05, 4.69) is 112 Å². The molecule has 0 amide bonds. The van der Waals surface area contributed by atoms with Gasteiger partial charge in [0.1, 0.15) is 12.1 Å². The fourth-order valence-corrected chi connectivity index (χ4v) is 6.17. The van der Waals surface area contributed by atoms with Crippen LogP contribution in [0.1, 0.15) is 75.4 Å². The van der Waals surface area contributed by atoms with E-state index in [4.69, 9.17) is 4.74 Å². The fraction of sp³-hybridized carbons (Fsp3) is 0.517. The van der Waals surface area contributed by atoms with Crippen LogP contribution >= 0.6 is 22.6 Å². The molecule has 1 saturated heterocycles. The number of aromatic nitrogens is 3. The second-order valence-electron chi connectivity index (χ2n) is 10.9. The summed E-state index contributed by atoms with van der Waals surface area (Å²) in [5.41, 5.74) is 5.62. The number of aryl methyl sites for hydroxylation is 1. The fourth-order valence-electron chi connectivity index (χ4n) is 5.62. The number of nitrogens with zero attached hydrogens (tertiary/aromatic N) is 4. The Morgan fingerprint density at radius 2 is 1.94 bits per heavy atom. The second kappa shape index (κ2) is 10.3. The molecule has 5 nitrogen and oxygen atoms in total. The maximum atomic E-state index is 6.42. The highest BCUT2D eigenvalue weighted by Crippen LogP contribution is 2.41. The Balaban J connectivity index is 1.18. The number of fused-ring (bicyclic) bond motifs is 3. The molecule has 0 spiro atoms. The molecule has 186 valence electrons. The predicted molar refractivity (Wildman–Crippen MR) is 149 cm³/mol. The van der Waals surface area contributed by atoms with Gasteiger partial charge < -0.3 is 9.30 Å². The SMILES string of the molecule is CCn1c(CCCCN2CCC3c4ccc(C(C)(C)C)cc4COC32)nnc1-c1cccc(I)c1. The number of rotatable bonds is 7. The van der Waals surface area contributed by atoms with Crippen LogP contribution < -0.4 is 0 Å². The number of ether oxygens (including phenoxy) is 1. The largest absolute Gasteiger partial charge is 0.358 e. The molecule has 5 rings (SSSR count). The molecule has 2 unspecified atom stereocenters. The number of hydrogen-bond donors (Lipinski definition) is 0. The van der Waals surface area contributed by atoms with Crippen LogP contribution in [-0.4, -0.2) is 39.0 Å². The van der Waals surface area contributed by atoms with Crippen LogP contribution in [-0.2, 0) is 29.7 Å². The van der Waals surface area contributed by atoms with Crippen molar-refractivity contribution in [3.05, 3.63) is 68.5 Å². The first-order valence-electron chi connectivity index (χ1n) is 13.0. The lowest BCUT2D eigenvalue weighted by Crippen LogP contribution is -2.37. The minimum absolute atomic E-state index is 0.177. The molecule has 3 heterocycles. The van der Waals surface area contributed by atoms with E-state index in [0.717, 1.165) is 62.7 Å². The third-order valence-corrected chi connectivity index (χ3v) is 8.24. The van der Waals surface area contributed by atoms with Crippen molar-refractivity contribution < 1.29 is 4.74 Å². The topological polar surface area (TPSA) is 43.2 Å². The summed E-state index contributed by atoms with van der Waals surface area (Å²) in [6.07, 6.45) is 4.65. The number of hydrogen-bond acceptors (Lipinski definition) is 4.